The lowest BCUT2D eigenvalue weighted by Gasteiger charge is -2.26. The number of hydrogen-bond acceptors (Lipinski definition) is 4. The smallest absolute Gasteiger partial charge is 0.0866 e. The molecule has 2 atom stereocenters. The van der Waals surface area contributed by atoms with Crippen LogP contribution in [0.5, 0.6) is 0 Å². The molecule has 2 aliphatic rings. The van der Waals surface area contributed by atoms with Crippen LogP contribution < -0.4 is 0 Å². The van der Waals surface area contributed by atoms with E-state index >= 15 is 0 Å². The van der Waals surface area contributed by atoms with Gasteiger partial charge in [0.15, 0.2) is 0 Å². The largest absolute Gasteiger partial charge is 0.357 e. The Morgan fingerprint density at radius 1 is 0.595 bits per heavy atom. The molecule has 0 radical (unpaired) electrons. The second-order valence-electron chi connectivity index (χ2n) is 12.4. The Balaban J connectivity index is 1.22. The third-order valence-corrected chi connectivity index (χ3v) is 9.70. The molecule has 0 spiro atoms. The second kappa shape index (κ2) is 13.6. The zero-order valence-corrected chi connectivity index (χ0v) is 24.9. The molecule has 4 aromatic rings. The van der Waals surface area contributed by atoms with Gasteiger partial charge in [-0.05, 0) is 101 Å². The van der Waals surface area contributed by atoms with Crippen molar-refractivity contribution in [1.29, 1.82) is 10.5 Å². The summed E-state index contributed by atoms with van der Waals surface area (Å²) in [5.41, 5.74) is 6.87. The average Bonchev–Trinajstić information content (AvgIpc) is 3.60. The Labute approximate surface area is 250 Å². The highest BCUT2D eigenvalue weighted by molar-refractivity contribution is 5.86. The molecule has 2 aliphatic heterocycles. The minimum atomic E-state index is -0.272. The van der Waals surface area contributed by atoms with Gasteiger partial charge in [0.2, 0.25) is 0 Å². The maximum atomic E-state index is 10.4. The van der Waals surface area contributed by atoms with Gasteiger partial charge in [-0.2, -0.15) is 10.5 Å². The summed E-state index contributed by atoms with van der Waals surface area (Å²) in [5, 5.41) is 23.3. The summed E-state index contributed by atoms with van der Waals surface area (Å²) < 4.78 is 0. The van der Waals surface area contributed by atoms with Gasteiger partial charge in [-0.1, -0.05) is 49.2 Å². The van der Waals surface area contributed by atoms with Crippen LogP contribution in [0.1, 0.15) is 85.7 Å². The van der Waals surface area contributed by atoms with Crippen molar-refractivity contribution >= 4 is 21.8 Å². The van der Waals surface area contributed by atoms with Crippen molar-refractivity contribution in [3.05, 3.63) is 71.0 Å². The maximum Gasteiger partial charge on any atom is 0.0866 e. The fourth-order valence-corrected chi connectivity index (χ4v) is 7.36. The Hall–Kier alpha value is -3.58. The predicted molar refractivity (Wildman–Crippen MR) is 171 cm³/mol. The molecule has 4 heterocycles. The van der Waals surface area contributed by atoms with E-state index in [0.717, 1.165) is 48.4 Å². The fraction of sp³-hybridized carbons (Fsp3) is 0.500. The molecule has 0 saturated carbocycles. The number of hydrogen-bond donors (Lipinski definition) is 2. The van der Waals surface area contributed by atoms with Gasteiger partial charge < -0.3 is 19.8 Å². The lowest BCUT2D eigenvalue weighted by Crippen LogP contribution is -2.31. The van der Waals surface area contributed by atoms with E-state index in [1.54, 1.807) is 0 Å². The SMILES string of the molecule is N#CC(CCC(C#N)c1[nH]c2ccccc2c1CCN1CCCCC1)c1[nH]c2ccccc2c1CCN1CCCCC1. The molecular weight excluding hydrogens is 516 g/mol. The van der Waals surface area contributed by atoms with E-state index in [-0.39, 0.29) is 11.8 Å². The first-order valence-electron chi connectivity index (χ1n) is 16.2. The summed E-state index contributed by atoms with van der Waals surface area (Å²) in [5.74, 6) is -0.545. The van der Waals surface area contributed by atoms with Gasteiger partial charge in [0.25, 0.3) is 0 Å². The van der Waals surface area contributed by atoms with Gasteiger partial charge in [0.1, 0.15) is 0 Å². The van der Waals surface area contributed by atoms with Gasteiger partial charge in [0, 0.05) is 46.3 Å². The van der Waals surface area contributed by atoms with Gasteiger partial charge in [0.05, 0.1) is 24.0 Å². The number of nitriles is 2. The minimum absolute atomic E-state index is 0.272. The number of aromatic nitrogens is 2. The summed E-state index contributed by atoms with van der Waals surface area (Å²) in [4.78, 5) is 12.4. The van der Waals surface area contributed by atoms with E-state index in [0.29, 0.717) is 12.8 Å². The number of rotatable bonds is 11. The van der Waals surface area contributed by atoms with Crippen LogP contribution in [0, 0.1) is 22.7 Å². The highest BCUT2D eigenvalue weighted by Gasteiger charge is 2.25. The number of benzene rings is 2. The van der Waals surface area contributed by atoms with Gasteiger partial charge in [-0.15, -0.1) is 0 Å². The van der Waals surface area contributed by atoms with Crippen LogP contribution in [-0.4, -0.2) is 59.0 Å². The highest BCUT2D eigenvalue weighted by Crippen LogP contribution is 2.35. The minimum Gasteiger partial charge on any atom is -0.357 e. The number of nitrogens with zero attached hydrogens (tertiary/aromatic N) is 4. The van der Waals surface area contributed by atoms with Crippen LogP contribution in [0.3, 0.4) is 0 Å². The first-order valence-corrected chi connectivity index (χ1v) is 16.2. The van der Waals surface area contributed by atoms with Crippen molar-refractivity contribution in [3.8, 4) is 12.1 Å². The molecule has 6 rings (SSSR count). The Morgan fingerprint density at radius 2 is 1.00 bits per heavy atom. The fourth-order valence-electron chi connectivity index (χ4n) is 7.36. The van der Waals surface area contributed by atoms with Crippen LogP contribution >= 0.6 is 0 Å². The molecule has 2 saturated heterocycles. The molecular formula is C36H44N6. The molecule has 6 heteroatoms. The normalized spacial score (nSPS) is 18.1. The lowest BCUT2D eigenvalue weighted by molar-refractivity contribution is 0.231. The molecule has 2 N–H and O–H groups in total. The third-order valence-electron chi connectivity index (χ3n) is 9.70. The number of nitrogens with one attached hydrogen (secondary N) is 2. The zero-order chi connectivity index (χ0) is 28.7. The van der Waals surface area contributed by atoms with E-state index in [4.69, 9.17) is 0 Å². The Kier molecular flexibility index (Phi) is 9.24. The van der Waals surface area contributed by atoms with E-state index in [1.807, 2.05) is 0 Å². The van der Waals surface area contributed by atoms with Crippen molar-refractivity contribution in [2.75, 3.05) is 39.3 Å². The molecule has 2 aromatic heterocycles. The number of likely N-dealkylation sites (tertiary alicyclic amines) is 2. The quantitative estimate of drug-likeness (QED) is 0.200. The number of fused-ring (bicyclic) bond motifs is 2. The summed E-state index contributed by atoms with van der Waals surface area (Å²) in [7, 11) is 0. The van der Waals surface area contributed by atoms with E-state index in [1.165, 1.54) is 86.6 Å². The van der Waals surface area contributed by atoms with Gasteiger partial charge >= 0.3 is 0 Å². The number of piperidine rings is 2. The zero-order valence-electron chi connectivity index (χ0n) is 24.9. The van der Waals surface area contributed by atoms with Crippen molar-refractivity contribution in [2.45, 2.75) is 76.0 Å². The first kappa shape index (κ1) is 28.5. The molecule has 0 amide bonds. The molecule has 6 nitrogen and oxygen atoms in total. The highest BCUT2D eigenvalue weighted by atomic mass is 15.1. The average molecular weight is 561 g/mol. The van der Waals surface area contributed by atoms with Gasteiger partial charge in [-0.25, -0.2) is 0 Å². The number of H-pyrrole nitrogens is 2. The monoisotopic (exact) mass is 560 g/mol. The van der Waals surface area contributed by atoms with Crippen molar-refractivity contribution in [3.63, 3.8) is 0 Å². The summed E-state index contributed by atoms with van der Waals surface area (Å²) in [6, 6.07) is 22.2. The van der Waals surface area contributed by atoms with Crippen LogP contribution in [0.25, 0.3) is 21.8 Å². The van der Waals surface area contributed by atoms with Crippen LogP contribution in [0.2, 0.25) is 0 Å². The van der Waals surface area contributed by atoms with Crippen LogP contribution in [0.15, 0.2) is 48.5 Å². The molecule has 2 aromatic carbocycles. The molecule has 0 bridgehead atoms. The van der Waals surface area contributed by atoms with Crippen LogP contribution in [0.4, 0.5) is 0 Å². The van der Waals surface area contributed by atoms with Crippen molar-refractivity contribution < 1.29 is 0 Å². The van der Waals surface area contributed by atoms with Crippen molar-refractivity contribution in [2.24, 2.45) is 0 Å². The molecule has 218 valence electrons. The van der Waals surface area contributed by atoms with Crippen molar-refractivity contribution in [1.82, 2.24) is 19.8 Å². The standard InChI is InChI=1S/C36H44N6/c37-25-27(35-31(17-23-41-19-7-1-8-20-41)29-11-3-5-13-33(29)39-35)15-16-28(26-38)36-32(18-24-42-21-9-2-10-22-42)30-12-4-6-14-34(30)40-36/h3-6,11-14,27-28,39-40H,1-2,7-10,15-24H2. The maximum absolute atomic E-state index is 10.4. The summed E-state index contributed by atoms with van der Waals surface area (Å²) >= 11 is 0. The first-order chi connectivity index (χ1) is 20.7. The third kappa shape index (κ3) is 6.26. The Bertz CT molecular complexity index is 1440. The Morgan fingerprint density at radius 3 is 1.40 bits per heavy atom. The number of aromatic amines is 2. The molecule has 2 unspecified atom stereocenters. The van der Waals surface area contributed by atoms with E-state index in [2.05, 4.69) is 80.4 Å². The number of para-hydroxylation sites is 2. The lowest BCUT2D eigenvalue weighted by atomic mass is 9.89. The summed E-state index contributed by atoms with van der Waals surface area (Å²) in [6.07, 6.45) is 11.0. The van der Waals surface area contributed by atoms with Gasteiger partial charge in [-0.3, -0.25) is 0 Å². The molecule has 0 aliphatic carbocycles. The predicted octanol–water partition coefficient (Wildman–Crippen LogP) is 7.40. The molecule has 42 heavy (non-hydrogen) atoms. The molecule has 2 fully saturated rings. The van der Waals surface area contributed by atoms with Crippen LogP contribution in [-0.2, 0) is 12.8 Å². The topological polar surface area (TPSA) is 85.6 Å². The van der Waals surface area contributed by atoms with E-state index < -0.39 is 0 Å². The summed E-state index contributed by atoms with van der Waals surface area (Å²) in [6.45, 7) is 6.76. The second-order valence-corrected chi connectivity index (χ2v) is 12.4. The van der Waals surface area contributed by atoms with E-state index in [9.17, 15) is 10.5 Å².